The number of carbonyl (C=O) groups excluding carboxylic acids is 1. The highest BCUT2D eigenvalue weighted by atomic mass is 79.9. The second-order valence-corrected chi connectivity index (χ2v) is 4.44. The van der Waals surface area contributed by atoms with Crippen molar-refractivity contribution in [2.45, 2.75) is 19.5 Å². The summed E-state index contributed by atoms with van der Waals surface area (Å²) in [6, 6.07) is 3.16. The summed E-state index contributed by atoms with van der Waals surface area (Å²) in [7, 11) is 0. The van der Waals surface area contributed by atoms with E-state index in [2.05, 4.69) is 21.2 Å². The van der Waals surface area contributed by atoms with Crippen molar-refractivity contribution >= 4 is 33.2 Å². The van der Waals surface area contributed by atoms with Crippen molar-refractivity contribution in [3.63, 3.8) is 0 Å². The fourth-order valence-electron chi connectivity index (χ4n) is 1.23. The van der Waals surface area contributed by atoms with Crippen LogP contribution in [0.1, 0.15) is 12.0 Å². The molecule has 0 aromatic heterocycles. The lowest BCUT2D eigenvalue weighted by atomic mass is 10.1. The number of amides is 1. The Morgan fingerprint density at radius 3 is 2.59 bits per heavy atom. The fourth-order valence-corrected chi connectivity index (χ4v) is 1.81. The van der Waals surface area contributed by atoms with E-state index in [1.54, 1.807) is 13.0 Å². The van der Waals surface area contributed by atoms with E-state index in [1.807, 2.05) is 0 Å². The molecule has 7 heteroatoms. The number of aryl methyl sites for hydroxylation is 1. The van der Waals surface area contributed by atoms with Crippen molar-refractivity contribution in [1.82, 2.24) is 0 Å². The number of alkyl halides is 3. The van der Waals surface area contributed by atoms with Crippen LogP contribution >= 0.6 is 15.9 Å². The summed E-state index contributed by atoms with van der Waals surface area (Å²) in [5.41, 5.74) is 6.74. The van der Waals surface area contributed by atoms with Crippen molar-refractivity contribution in [3.8, 4) is 0 Å². The molecule has 0 fully saturated rings. The van der Waals surface area contributed by atoms with Gasteiger partial charge in [0.1, 0.15) is 6.42 Å². The number of rotatable bonds is 2. The van der Waals surface area contributed by atoms with E-state index < -0.39 is 18.5 Å². The minimum Gasteiger partial charge on any atom is -0.397 e. The van der Waals surface area contributed by atoms with Crippen molar-refractivity contribution < 1.29 is 18.0 Å². The number of benzene rings is 1. The van der Waals surface area contributed by atoms with Gasteiger partial charge in [-0.05, 0) is 24.6 Å². The van der Waals surface area contributed by atoms with Crippen molar-refractivity contribution in [2.75, 3.05) is 11.1 Å². The zero-order chi connectivity index (χ0) is 13.2. The Balaban J connectivity index is 2.85. The summed E-state index contributed by atoms with van der Waals surface area (Å²) in [6.45, 7) is 1.69. The first-order valence-corrected chi connectivity index (χ1v) is 5.40. The second kappa shape index (κ2) is 4.95. The molecular weight excluding hydrogens is 301 g/mol. The number of hydrogen-bond acceptors (Lipinski definition) is 2. The lowest BCUT2D eigenvalue weighted by Gasteiger charge is -2.12. The third-order valence-corrected chi connectivity index (χ3v) is 2.44. The third kappa shape index (κ3) is 4.26. The van der Waals surface area contributed by atoms with Gasteiger partial charge in [-0.2, -0.15) is 13.2 Å². The van der Waals surface area contributed by atoms with Crippen LogP contribution in [-0.4, -0.2) is 12.1 Å². The Morgan fingerprint density at radius 2 is 2.06 bits per heavy atom. The van der Waals surface area contributed by atoms with Gasteiger partial charge in [0, 0.05) is 4.47 Å². The number of carbonyl (C=O) groups is 1. The molecule has 0 bridgehead atoms. The van der Waals surface area contributed by atoms with Crippen molar-refractivity contribution in [1.29, 1.82) is 0 Å². The maximum absolute atomic E-state index is 12.0. The van der Waals surface area contributed by atoms with Gasteiger partial charge in [-0.25, -0.2) is 0 Å². The van der Waals surface area contributed by atoms with Gasteiger partial charge in [0.15, 0.2) is 0 Å². The Labute approximate surface area is 104 Å². The molecule has 0 saturated heterocycles. The van der Waals surface area contributed by atoms with Gasteiger partial charge in [-0.3, -0.25) is 4.79 Å². The van der Waals surface area contributed by atoms with Gasteiger partial charge in [-0.1, -0.05) is 15.9 Å². The third-order valence-electron chi connectivity index (χ3n) is 1.99. The summed E-state index contributed by atoms with van der Waals surface area (Å²) >= 11 is 3.17. The first-order chi connectivity index (χ1) is 7.69. The molecule has 0 spiro atoms. The number of halogens is 4. The Morgan fingerprint density at radius 1 is 1.47 bits per heavy atom. The van der Waals surface area contributed by atoms with Crippen LogP contribution in [0.2, 0.25) is 0 Å². The maximum Gasteiger partial charge on any atom is 0.397 e. The standard InChI is InChI=1S/C10H10BrF3N2O/c1-5-2-6(11)3-7(9(5)15)16-8(17)4-10(12,13)14/h2-3H,4,15H2,1H3,(H,16,17). The molecular formula is C10H10BrF3N2O. The first kappa shape index (κ1) is 13.8. The van der Waals surface area contributed by atoms with E-state index in [9.17, 15) is 18.0 Å². The molecule has 0 aliphatic heterocycles. The monoisotopic (exact) mass is 310 g/mol. The number of nitrogens with two attached hydrogens (primary N) is 1. The van der Waals surface area contributed by atoms with Crippen LogP contribution in [0.25, 0.3) is 0 Å². The highest BCUT2D eigenvalue weighted by Crippen LogP contribution is 2.28. The van der Waals surface area contributed by atoms with E-state index in [0.717, 1.165) is 0 Å². The van der Waals surface area contributed by atoms with Crippen LogP contribution in [0.15, 0.2) is 16.6 Å². The molecule has 3 nitrogen and oxygen atoms in total. The molecule has 0 aliphatic rings. The highest BCUT2D eigenvalue weighted by molar-refractivity contribution is 9.10. The largest absolute Gasteiger partial charge is 0.397 e. The summed E-state index contributed by atoms with van der Waals surface area (Å²) in [5.74, 6) is -1.14. The number of hydrogen-bond donors (Lipinski definition) is 2. The van der Waals surface area contributed by atoms with Crippen molar-refractivity contribution in [3.05, 3.63) is 22.2 Å². The van der Waals surface area contributed by atoms with Crippen LogP contribution in [0.5, 0.6) is 0 Å². The average molecular weight is 311 g/mol. The quantitative estimate of drug-likeness (QED) is 0.824. The van der Waals surface area contributed by atoms with Gasteiger partial charge in [0.2, 0.25) is 5.91 Å². The van der Waals surface area contributed by atoms with E-state index in [4.69, 9.17) is 5.73 Å². The topological polar surface area (TPSA) is 55.1 Å². The predicted molar refractivity (Wildman–Crippen MR) is 62.6 cm³/mol. The molecule has 0 saturated carbocycles. The number of nitrogens with one attached hydrogen (secondary N) is 1. The van der Waals surface area contributed by atoms with Crippen LogP contribution < -0.4 is 11.1 Å². The molecule has 0 atom stereocenters. The molecule has 1 aromatic rings. The molecule has 0 radical (unpaired) electrons. The zero-order valence-corrected chi connectivity index (χ0v) is 10.4. The Kier molecular flexibility index (Phi) is 4.03. The van der Waals surface area contributed by atoms with Gasteiger partial charge in [0.25, 0.3) is 0 Å². The lowest BCUT2D eigenvalue weighted by molar-refractivity contribution is -0.150. The minimum absolute atomic E-state index is 0.172. The van der Waals surface area contributed by atoms with Gasteiger partial charge in [0.05, 0.1) is 11.4 Å². The fraction of sp³-hybridized carbons (Fsp3) is 0.300. The van der Waals surface area contributed by atoms with Gasteiger partial charge < -0.3 is 11.1 Å². The number of nitrogen functional groups attached to an aromatic ring is 1. The van der Waals surface area contributed by atoms with Crippen LogP contribution in [0.3, 0.4) is 0 Å². The summed E-state index contributed by atoms with van der Waals surface area (Å²) < 4.78 is 36.5. The minimum atomic E-state index is -4.53. The Hall–Kier alpha value is -1.24. The smallest absolute Gasteiger partial charge is 0.397 e. The summed E-state index contributed by atoms with van der Waals surface area (Å²) in [5, 5.41) is 2.13. The van der Waals surface area contributed by atoms with E-state index in [1.165, 1.54) is 6.07 Å². The van der Waals surface area contributed by atoms with Crippen LogP contribution in [0.4, 0.5) is 24.5 Å². The molecule has 3 N–H and O–H groups in total. The summed E-state index contributed by atoms with van der Waals surface area (Å²) in [6.07, 6.45) is -6.06. The normalized spacial score (nSPS) is 11.4. The number of anilines is 2. The highest BCUT2D eigenvalue weighted by Gasteiger charge is 2.31. The molecule has 0 unspecified atom stereocenters. The molecule has 1 rings (SSSR count). The first-order valence-electron chi connectivity index (χ1n) is 4.61. The van der Waals surface area contributed by atoms with Crippen molar-refractivity contribution in [2.24, 2.45) is 0 Å². The predicted octanol–water partition coefficient (Wildman–Crippen LogP) is 3.23. The van der Waals surface area contributed by atoms with E-state index >= 15 is 0 Å². The van der Waals surface area contributed by atoms with E-state index in [-0.39, 0.29) is 11.4 Å². The molecule has 1 aromatic carbocycles. The Bertz CT molecular complexity index is 446. The molecule has 94 valence electrons. The van der Waals surface area contributed by atoms with Crippen LogP contribution in [-0.2, 0) is 4.79 Å². The van der Waals surface area contributed by atoms with Crippen LogP contribution in [0, 0.1) is 6.92 Å². The zero-order valence-electron chi connectivity index (χ0n) is 8.86. The molecule has 17 heavy (non-hydrogen) atoms. The van der Waals surface area contributed by atoms with Gasteiger partial charge >= 0.3 is 6.18 Å². The van der Waals surface area contributed by atoms with Gasteiger partial charge in [-0.15, -0.1) is 0 Å². The summed E-state index contributed by atoms with van der Waals surface area (Å²) in [4.78, 5) is 11.1. The molecule has 0 aliphatic carbocycles. The van der Waals surface area contributed by atoms with E-state index in [0.29, 0.717) is 10.0 Å². The SMILES string of the molecule is Cc1cc(Br)cc(NC(=O)CC(F)(F)F)c1N. The second-order valence-electron chi connectivity index (χ2n) is 3.52. The lowest BCUT2D eigenvalue weighted by Crippen LogP contribution is -2.21. The maximum atomic E-state index is 12.0. The molecule has 0 heterocycles. The average Bonchev–Trinajstić information content (AvgIpc) is 2.10. The molecule has 1 amide bonds.